The third kappa shape index (κ3) is 2.78. The van der Waals surface area contributed by atoms with Gasteiger partial charge in [0.15, 0.2) is 0 Å². The fraction of sp³-hybridized carbons (Fsp3) is 0.286. The van der Waals surface area contributed by atoms with Gasteiger partial charge < -0.3 is 4.57 Å². The number of aromatic nitrogens is 2. The number of halogens is 1. The van der Waals surface area contributed by atoms with Crippen molar-refractivity contribution in [2.45, 2.75) is 26.3 Å². The highest BCUT2D eigenvalue weighted by molar-refractivity contribution is 6.31. The van der Waals surface area contributed by atoms with Crippen molar-refractivity contribution in [1.29, 1.82) is 0 Å². The summed E-state index contributed by atoms with van der Waals surface area (Å²) >= 11 is 6.29. The van der Waals surface area contributed by atoms with Crippen LogP contribution < -0.4 is 0 Å². The van der Waals surface area contributed by atoms with Gasteiger partial charge in [-0.25, -0.2) is 0 Å². The predicted octanol–water partition coefficient (Wildman–Crippen LogP) is 5.26. The number of benzene rings is 1. The summed E-state index contributed by atoms with van der Waals surface area (Å²) in [5, 5.41) is 2.07. The maximum atomic E-state index is 6.29. The molecule has 4 heteroatoms. The molecule has 128 valence electrons. The van der Waals surface area contributed by atoms with E-state index in [4.69, 9.17) is 11.6 Å². The summed E-state index contributed by atoms with van der Waals surface area (Å²) < 4.78 is 2.35. The summed E-state index contributed by atoms with van der Waals surface area (Å²) in [6.07, 6.45) is 7.01. The van der Waals surface area contributed by atoms with Crippen LogP contribution in [0.1, 0.15) is 36.7 Å². The number of nitrogens with zero attached hydrogens (tertiary/aromatic N) is 3. The van der Waals surface area contributed by atoms with Gasteiger partial charge in [0.2, 0.25) is 0 Å². The molecule has 0 amide bonds. The van der Waals surface area contributed by atoms with Crippen LogP contribution >= 0.6 is 11.6 Å². The Hall–Kier alpha value is -2.10. The van der Waals surface area contributed by atoms with Gasteiger partial charge in [-0.1, -0.05) is 17.7 Å². The molecule has 0 saturated heterocycles. The Morgan fingerprint density at radius 2 is 2.16 bits per heavy atom. The predicted molar refractivity (Wildman–Crippen MR) is 106 cm³/mol. The largest absolute Gasteiger partial charge is 0.318 e. The Morgan fingerprint density at radius 3 is 2.92 bits per heavy atom. The third-order valence-corrected chi connectivity index (χ3v) is 5.56. The van der Waals surface area contributed by atoms with Crippen LogP contribution in [-0.2, 0) is 6.42 Å². The zero-order valence-corrected chi connectivity index (χ0v) is 15.6. The Balaban J connectivity index is 1.97. The van der Waals surface area contributed by atoms with Gasteiger partial charge in [-0.15, -0.1) is 0 Å². The lowest BCUT2D eigenvalue weighted by molar-refractivity contribution is 0.242. The average Bonchev–Trinajstić information content (AvgIpc) is 2.92. The van der Waals surface area contributed by atoms with E-state index in [1.165, 1.54) is 27.7 Å². The minimum atomic E-state index is 0.368. The summed E-state index contributed by atoms with van der Waals surface area (Å²) in [5.41, 5.74) is 6.36. The number of likely N-dealkylation sites (N-methyl/N-ethyl adjacent to an activating group) is 1. The zero-order chi connectivity index (χ0) is 17.6. The van der Waals surface area contributed by atoms with E-state index in [0.29, 0.717) is 6.04 Å². The number of hydrogen-bond donors (Lipinski definition) is 0. The molecule has 25 heavy (non-hydrogen) atoms. The fourth-order valence-corrected chi connectivity index (χ4v) is 3.96. The van der Waals surface area contributed by atoms with Crippen LogP contribution in [0.4, 0.5) is 0 Å². The van der Waals surface area contributed by atoms with E-state index in [1.54, 1.807) is 0 Å². The van der Waals surface area contributed by atoms with E-state index in [9.17, 15) is 0 Å². The van der Waals surface area contributed by atoms with Crippen molar-refractivity contribution < 1.29 is 0 Å². The van der Waals surface area contributed by atoms with Crippen molar-refractivity contribution in [2.75, 3.05) is 13.6 Å². The van der Waals surface area contributed by atoms with E-state index in [1.807, 2.05) is 24.5 Å². The Bertz CT molecular complexity index is 956. The molecule has 1 aromatic carbocycles. The lowest BCUT2D eigenvalue weighted by Crippen LogP contribution is -2.31. The molecule has 0 spiro atoms. The minimum absolute atomic E-state index is 0.368. The quantitative estimate of drug-likeness (QED) is 0.628. The van der Waals surface area contributed by atoms with Crippen LogP contribution in [0.15, 0.2) is 42.7 Å². The van der Waals surface area contributed by atoms with Gasteiger partial charge in [0.1, 0.15) is 0 Å². The van der Waals surface area contributed by atoms with E-state index >= 15 is 0 Å². The van der Waals surface area contributed by atoms with Crippen molar-refractivity contribution in [3.8, 4) is 0 Å². The highest BCUT2D eigenvalue weighted by Gasteiger charge is 2.27. The number of allylic oxidation sites excluding steroid dienone is 1. The summed E-state index contributed by atoms with van der Waals surface area (Å²) in [6, 6.07) is 10.7. The van der Waals surface area contributed by atoms with Gasteiger partial charge in [0, 0.05) is 47.3 Å². The maximum absolute atomic E-state index is 6.29. The maximum Gasteiger partial charge on any atom is 0.0530 e. The lowest BCUT2D eigenvalue weighted by atomic mass is 9.99. The monoisotopic (exact) mass is 351 g/mol. The first kappa shape index (κ1) is 16.4. The van der Waals surface area contributed by atoms with Gasteiger partial charge in [-0.05, 0) is 68.3 Å². The molecule has 1 aliphatic rings. The van der Waals surface area contributed by atoms with Gasteiger partial charge in [0.05, 0.1) is 5.52 Å². The standard InChI is InChI=1S/C21H22ClN3/c1-14(16-5-4-9-23-12-16)13-25-20-7-6-17(22)11-19(20)18-8-10-24(3)15(2)21(18)25/h4-7,9,11-13,15H,8,10H2,1-3H3/b14-13+. The molecule has 4 rings (SSSR count). The summed E-state index contributed by atoms with van der Waals surface area (Å²) in [7, 11) is 2.19. The summed E-state index contributed by atoms with van der Waals surface area (Å²) in [4.78, 5) is 6.66. The molecule has 1 atom stereocenters. The van der Waals surface area contributed by atoms with Crippen molar-refractivity contribution >= 4 is 34.3 Å². The zero-order valence-electron chi connectivity index (χ0n) is 14.8. The SMILES string of the molecule is C/C(=C\n1c2c(c3cc(Cl)ccc31)CCN(C)C2C)c1cccnc1. The highest BCUT2D eigenvalue weighted by Crippen LogP contribution is 2.38. The average molecular weight is 352 g/mol. The van der Waals surface area contributed by atoms with Crippen LogP contribution in [0, 0.1) is 0 Å². The summed E-state index contributed by atoms with van der Waals surface area (Å²) in [5.74, 6) is 0. The van der Waals surface area contributed by atoms with Gasteiger partial charge in [-0.3, -0.25) is 9.88 Å². The van der Waals surface area contributed by atoms with Crippen LogP contribution in [0.5, 0.6) is 0 Å². The smallest absolute Gasteiger partial charge is 0.0530 e. The normalized spacial score (nSPS) is 18.6. The van der Waals surface area contributed by atoms with Gasteiger partial charge in [-0.2, -0.15) is 0 Å². The second kappa shape index (κ2) is 6.32. The number of hydrogen-bond acceptors (Lipinski definition) is 2. The van der Waals surface area contributed by atoms with Crippen molar-refractivity contribution in [3.05, 3.63) is 64.6 Å². The first-order chi connectivity index (χ1) is 12.1. The Kier molecular flexibility index (Phi) is 4.14. The first-order valence-corrected chi connectivity index (χ1v) is 9.05. The number of pyridine rings is 1. The molecule has 0 fully saturated rings. The molecule has 0 bridgehead atoms. The van der Waals surface area contributed by atoms with Crippen molar-refractivity contribution in [2.24, 2.45) is 0 Å². The molecule has 3 heterocycles. The first-order valence-electron chi connectivity index (χ1n) is 8.67. The molecule has 1 aliphatic heterocycles. The highest BCUT2D eigenvalue weighted by atomic mass is 35.5. The van der Waals surface area contributed by atoms with E-state index in [0.717, 1.165) is 23.6 Å². The van der Waals surface area contributed by atoms with Crippen LogP contribution in [0.2, 0.25) is 5.02 Å². The van der Waals surface area contributed by atoms with Crippen LogP contribution in [0.3, 0.4) is 0 Å². The van der Waals surface area contributed by atoms with Gasteiger partial charge in [0.25, 0.3) is 0 Å². The molecular formula is C21H22ClN3. The molecule has 1 unspecified atom stereocenters. The number of rotatable bonds is 2. The van der Waals surface area contributed by atoms with E-state index in [2.05, 4.69) is 59.7 Å². The van der Waals surface area contributed by atoms with Crippen molar-refractivity contribution in [3.63, 3.8) is 0 Å². The van der Waals surface area contributed by atoms with E-state index < -0.39 is 0 Å². The molecule has 0 aliphatic carbocycles. The minimum Gasteiger partial charge on any atom is -0.318 e. The van der Waals surface area contributed by atoms with Crippen LogP contribution in [-0.4, -0.2) is 28.0 Å². The number of fused-ring (bicyclic) bond motifs is 3. The molecular weight excluding hydrogens is 330 g/mol. The van der Waals surface area contributed by atoms with Crippen LogP contribution in [0.25, 0.3) is 22.7 Å². The Labute approximate surface area is 153 Å². The van der Waals surface area contributed by atoms with E-state index in [-0.39, 0.29) is 0 Å². The third-order valence-electron chi connectivity index (χ3n) is 5.32. The fourth-order valence-electron chi connectivity index (χ4n) is 3.78. The molecule has 0 saturated carbocycles. The topological polar surface area (TPSA) is 21.1 Å². The van der Waals surface area contributed by atoms with Gasteiger partial charge >= 0.3 is 0 Å². The second-order valence-corrected chi connectivity index (χ2v) is 7.29. The lowest BCUT2D eigenvalue weighted by Gasteiger charge is -2.31. The molecule has 3 aromatic rings. The molecule has 0 radical (unpaired) electrons. The molecule has 0 N–H and O–H groups in total. The summed E-state index contributed by atoms with van der Waals surface area (Å²) in [6.45, 7) is 5.50. The Morgan fingerprint density at radius 1 is 1.32 bits per heavy atom. The molecule has 2 aromatic heterocycles. The second-order valence-electron chi connectivity index (χ2n) is 6.86. The van der Waals surface area contributed by atoms with Crippen molar-refractivity contribution in [1.82, 2.24) is 14.5 Å². The molecule has 3 nitrogen and oxygen atoms in total.